The van der Waals surface area contributed by atoms with Crippen molar-refractivity contribution in [3.05, 3.63) is 23.8 Å². The maximum absolute atomic E-state index is 6.33. The molecule has 1 aliphatic rings. The minimum Gasteiger partial charge on any atom is -0.493 e. The lowest BCUT2D eigenvalue weighted by atomic mass is 9.88. The van der Waals surface area contributed by atoms with Crippen molar-refractivity contribution in [3.8, 4) is 11.5 Å². The smallest absolute Gasteiger partial charge is 0.161 e. The Morgan fingerprint density at radius 2 is 1.79 bits per heavy atom. The molecule has 0 unspecified atom stereocenters. The Morgan fingerprint density at radius 3 is 2.37 bits per heavy atom. The van der Waals surface area contributed by atoms with Gasteiger partial charge < -0.3 is 19.9 Å². The van der Waals surface area contributed by atoms with E-state index < -0.39 is 0 Å². The summed E-state index contributed by atoms with van der Waals surface area (Å²) in [7, 11) is 3.28. The van der Waals surface area contributed by atoms with Crippen LogP contribution in [0.2, 0.25) is 0 Å². The number of ether oxygens (including phenoxy) is 3. The Balaban J connectivity index is 0.00000180. The average Bonchev–Trinajstić information content (AvgIpc) is 2.46. The van der Waals surface area contributed by atoms with E-state index in [0.717, 1.165) is 43.1 Å². The predicted molar refractivity (Wildman–Crippen MR) is 77.3 cm³/mol. The van der Waals surface area contributed by atoms with Crippen molar-refractivity contribution in [2.45, 2.75) is 18.9 Å². The third kappa shape index (κ3) is 3.75. The summed E-state index contributed by atoms with van der Waals surface area (Å²) in [6, 6.07) is 5.93. The fraction of sp³-hybridized carbons (Fsp3) is 0.571. The largest absolute Gasteiger partial charge is 0.493 e. The van der Waals surface area contributed by atoms with Gasteiger partial charge in [0.05, 0.1) is 14.2 Å². The Kier molecular flexibility index (Phi) is 6.42. The predicted octanol–water partition coefficient (Wildman–Crippen LogP) is 2.55. The molecule has 1 heterocycles. The number of benzene rings is 1. The van der Waals surface area contributed by atoms with Gasteiger partial charge in [0.2, 0.25) is 0 Å². The molecule has 1 saturated heterocycles. The lowest BCUT2D eigenvalue weighted by Crippen LogP contribution is -2.27. The van der Waals surface area contributed by atoms with Gasteiger partial charge in [0.15, 0.2) is 11.5 Å². The third-order valence-corrected chi connectivity index (χ3v) is 3.57. The van der Waals surface area contributed by atoms with Crippen molar-refractivity contribution in [2.75, 3.05) is 27.4 Å². The molecule has 1 atom stereocenters. The van der Waals surface area contributed by atoms with Gasteiger partial charge in [0.25, 0.3) is 0 Å². The molecule has 0 radical (unpaired) electrons. The van der Waals surface area contributed by atoms with Gasteiger partial charge in [-0.15, -0.1) is 12.4 Å². The molecule has 108 valence electrons. The highest BCUT2D eigenvalue weighted by molar-refractivity contribution is 5.85. The fourth-order valence-electron chi connectivity index (χ4n) is 2.41. The molecular weight excluding hydrogens is 266 g/mol. The first-order valence-corrected chi connectivity index (χ1v) is 6.31. The van der Waals surface area contributed by atoms with Crippen LogP contribution in [-0.2, 0) is 4.74 Å². The zero-order valence-corrected chi connectivity index (χ0v) is 12.2. The standard InChI is InChI=1S/C14H21NO3.ClH/c1-16-12-4-3-11(9-13(12)17-2)14(15)10-5-7-18-8-6-10;/h3-4,9-10,14H,5-8,15H2,1-2H3;1H/t14-;/m1./s1. The Morgan fingerprint density at radius 1 is 1.16 bits per heavy atom. The zero-order chi connectivity index (χ0) is 13.0. The summed E-state index contributed by atoms with van der Waals surface area (Å²) in [5.41, 5.74) is 7.43. The molecule has 2 rings (SSSR count). The average molecular weight is 288 g/mol. The van der Waals surface area contributed by atoms with Crippen molar-refractivity contribution in [1.29, 1.82) is 0 Å². The number of hydrogen-bond acceptors (Lipinski definition) is 4. The molecule has 0 aromatic heterocycles. The zero-order valence-electron chi connectivity index (χ0n) is 11.4. The van der Waals surface area contributed by atoms with Crippen LogP contribution in [-0.4, -0.2) is 27.4 Å². The maximum Gasteiger partial charge on any atom is 0.161 e. The van der Waals surface area contributed by atoms with Crippen molar-refractivity contribution in [3.63, 3.8) is 0 Å². The highest BCUT2D eigenvalue weighted by atomic mass is 35.5. The maximum atomic E-state index is 6.33. The van der Waals surface area contributed by atoms with E-state index in [2.05, 4.69) is 0 Å². The molecule has 4 nitrogen and oxygen atoms in total. The van der Waals surface area contributed by atoms with E-state index in [1.807, 2.05) is 18.2 Å². The quantitative estimate of drug-likeness (QED) is 0.925. The summed E-state index contributed by atoms with van der Waals surface area (Å²) in [6.07, 6.45) is 2.05. The van der Waals surface area contributed by atoms with Gasteiger partial charge in [-0.05, 0) is 36.5 Å². The van der Waals surface area contributed by atoms with Crippen LogP contribution in [0.5, 0.6) is 11.5 Å². The summed E-state index contributed by atoms with van der Waals surface area (Å²) < 4.78 is 15.9. The molecular formula is C14H22ClNO3. The summed E-state index contributed by atoms with van der Waals surface area (Å²) in [5.74, 6) is 1.95. The summed E-state index contributed by atoms with van der Waals surface area (Å²) >= 11 is 0. The second-order valence-electron chi connectivity index (χ2n) is 4.59. The molecule has 1 fully saturated rings. The van der Waals surface area contributed by atoms with E-state index in [-0.39, 0.29) is 18.4 Å². The number of halogens is 1. The summed E-state index contributed by atoms with van der Waals surface area (Å²) in [4.78, 5) is 0. The van der Waals surface area contributed by atoms with Crippen molar-refractivity contribution in [2.24, 2.45) is 11.7 Å². The number of methoxy groups -OCH3 is 2. The van der Waals surface area contributed by atoms with E-state index in [9.17, 15) is 0 Å². The lowest BCUT2D eigenvalue weighted by molar-refractivity contribution is 0.0583. The lowest BCUT2D eigenvalue weighted by Gasteiger charge is -2.28. The van der Waals surface area contributed by atoms with Crippen LogP contribution in [0.1, 0.15) is 24.4 Å². The molecule has 0 bridgehead atoms. The van der Waals surface area contributed by atoms with Crippen LogP contribution < -0.4 is 15.2 Å². The molecule has 0 spiro atoms. The SMILES string of the molecule is COc1ccc([C@H](N)C2CCOCC2)cc1OC.Cl. The third-order valence-electron chi connectivity index (χ3n) is 3.57. The second kappa shape index (κ2) is 7.58. The monoisotopic (exact) mass is 287 g/mol. The number of hydrogen-bond donors (Lipinski definition) is 1. The highest BCUT2D eigenvalue weighted by Gasteiger charge is 2.23. The molecule has 0 amide bonds. The fourth-order valence-corrected chi connectivity index (χ4v) is 2.41. The van der Waals surface area contributed by atoms with Crippen LogP contribution in [0.15, 0.2) is 18.2 Å². The van der Waals surface area contributed by atoms with E-state index >= 15 is 0 Å². The Bertz CT molecular complexity index is 394. The summed E-state index contributed by atoms with van der Waals surface area (Å²) in [6.45, 7) is 1.62. The second-order valence-corrected chi connectivity index (χ2v) is 4.59. The van der Waals surface area contributed by atoms with Crippen LogP contribution in [0.3, 0.4) is 0 Å². The van der Waals surface area contributed by atoms with Gasteiger partial charge >= 0.3 is 0 Å². The molecule has 2 N–H and O–H groups in total. The molecule has 0 saturated carbocycles. The molecule has 1 aromatic rings. The topological polar surface area (TPSA) is 53.7 Å². The molecule has 5 heteroatoms. The molecule has 0 aliphatic carbocycles. The van der Waals surface area contributed by atoms with Gasteiger partial charge in [0, 0.05) is 19.3 Å². The number of nitrogens with two attached hydrogens (primary N) is 1. The van der Waals surface area contributed by atoms with Crippen LogP contribution in [0.4, 0.5) is 0 Å². The van der Waals surface area contributed by atoms with E-state index in [4.69, 9.17) is 19.9 Å². The first kappa shape index (κ1) is 16.1. The molecule has 1 aliphatic heterocycles. The minimum atomic E-state index is 0. The molecule has 19 heavy (non-hydrogen) atoms. The van der Waals surface area contributed by atoms with E-state index in [1.165, 1.54) is 0 Å². The van der Waals surface area contributed by atoms with Gasteiger partial charge in [-0.3, -0.25) is 0 Å². The first-order valence-electron chi connectivity index (χ1n) is 6.31. The van der Waals surface area contributed by atoms with Crippen molar-refractivity contribution < 1.29 is 14.2 Å². The van der Waals surface area contributed by atoms with E-state index in [0.29, 0.717) is 5.92 Å². The Labute approximate surface area is 120 Å². The normalized spacial score (nSPS) is 17.4. The number of rotatable bonds is 4. The molecule has 1 aromatic carbocycles. The van der Waals surface area contributed by atoms with Gasteiger partial charge in [0.1, 0.15) is 0 Å². The van der Waals surface area contributed by atoms with Gasteiger partial charge in [-0.2, -0.15) is 0 Å². The van der Waals surface area contributed by atoms with Gasteiger partial charge in [-0.1, -0.05) is 6.07 Å². The van der Waals surface area contributed by atoms with Crippen molar-refractivity contribution >= 4 is 12.4 Å². The van der Waals surface area contributed by atoms with Crippen LogP contribution in [0, 0.1) is 5.92 Å². The Hall–Kier alpha value is -0.970. The van der Waals surface area contributed by atoms with Gasteiger partial charge in [-0.25, -0.2) is 0 Å². The van der Waals surface area contributed by atoms with Crippen LogP contribution >= 0.6 is 12.4 Å². The van der Waals surface area contributed by atoms with Crippen molar-refractivity contribution in [1.82, 2.24) is 0 Å². The highest BCUT2D eigenvalue weighted by Crippen LogP contribution is 2.33. The van der Waals surface area contributed by atoms with E-state index in [1.54, 1.807) is 14.2 Å². The minimum absolute atomic E-state index is 0. The summed E-state index contributed by atoms with van der Waals surface area (Å²) in [5, 5.41) is 0. The first-order chi connectivity index (χ1) is 8.76. The van der Waals surface area contributed by atoms with Crippen LogP contribution in [0.25, 0.3) is 0 Å².